The first-order valence-corrected chi connectivity index (χ1v) is 9.23. The van der Waals surface area contributed by atoms with Crippen molar-refractivity contribution in [3.8, 4) is 0 Å². The smallest absolute Gasteiger partial charge is 0.147 e. The van der Waals surface area contributed by atoms with Crippen LogP contribution in [0.25, 0.3) is 0 Å². The van der Waals surface area contributed by atoms with Gasteiger partial charge in [0.05, 0.1) is 6.54 Å². The molecule has 0 unspecified atom stereocenters. The number of aryl methyl sites for hydroxylation is 1. The summed E-state index contributed by atoms with van der Waals surface area (Å²) in [6.07, 6.45) is 2.24. The van der Waals surface area contributed by atoms with E-state index in [2.05, 4.69) is 31.5 Å². The van der Waals surface area contributed by atoms with E-state index in [1.807, 2.05) is 19.1 Å². The monoisotopic (exact) mass is 345 g/mol. The van der Waals surface area contributed by atoms with Crippen LogP contribution in [0.3, 0.4) is 0 Å². The zero-order valence-electron chi connectivity index (χ0n) is 15.3. The summed E-state index contributed by atoms with van der Waals surface area (Å²) in [5, 5.41) is 8.62. The molecule has 1 saturated heterocycles. The molecule has 0 spiro atoms. The molecule has 1 aliphatic rings. The first-order chi connectivity index (χ1) is 12.2. The van der Waals surface area contributed by atoms with Crippen LogP contribution in [-0.2, 0) is 19.6 Å². The summed E-state index contributed by atoms with van der Waals surface area (Å²) in [6, 6.07) is 6.85. The van der Waals surface area contributed by atoms with Crippen molar-refractivity contribution in [1.29, 1.82) is 0 Å². The molecule has 136 valence electrons. The maximum absolute atomic E-state index is 13.0. The van der Waals surface area contributed by atoms with Gasteiger partial charge in [0.15, 0.2) is 0 Å². The van der Waals surface area contributed by atoms with E-state index in [1.165, 1.54) is 5.56 Å². The van der Waals surface area contributed by atoms with Crippen LogP contribution in [-0.4, -0.2) is 50.7 Å². The normalized spacial score (nSPS) is 16.9. The average Bonchev–Trinajstić information content (AvgIpc) is 2.81. The number of rotatable bonds is 6. The quantitative estimate of drug-likeness (QED) is 0.807. The summed E-state index contributed by atoms with van der Waals surface area (Å²) in [5.74, 6) is 1.91. The maximum Gasteiger partial charge on any atom is 0.147 e. The minimum atomic E-state index is -0.169. The Morgan fingerprint density at radius 2 is 1.64 bits per heavy atom. The van der Waals surface area contributed by atoms with Gasteiger partial charge in [0, 0.05) is 26.2 Å². The highest BCUT2D eigenvalue weighted by Crippen LogP contribution is 2.12. The third-order valence-electron chi connectivity index (χ3n) is 4.83. The molecule has 0 radical (unpaired) electrons. The van der Waals surface area contributed by atoms with Crippen molar-refractivity contribution in [3.63, 3.8) is 0 Å². The second-order valence-electron chi connectivity index (χ2n) is 6.85. The lowest BCUT2D eigenvalue weighted by molar-refractivity contribution is 0.241. The highest BCUT2D eigenvalue weighted by atomic mass is 19.1. The molecule has 6 heteroatoms. The highest BCUT2D eigenvalue weighted by molar-refractivity contribution is 5.15. The van der Waals surface area contributed by atoms with Gasteiger partial charge in [-0.15, -0.1) is 10.2 Å². The first-order valence-electron chi connectivity index (χ1n) is 9.23. The molecule has 5 nitrogen and oxygen atoms in total. The molecule has 1 aromatic carbocycles. The molecular formula is C19H28FN5. The van der Waals surface area contributed by atoms with E-state index in [1.54, 1.807) is 12.1 Å². The summed E-state index contributed by atoms with van der Waals surface area (Å²) < 4.78 is 15.3. The molecule has 0 bridgehead atoms. The third kappa shape index (κ3) is 4.86. The Hall–Kier alpha value is -1.79. The Morgan fingerprint density at radius 3 is 2.32 bits per heavy atom. The summed E-state index contributed by atoms with van der Waals surface area (Å²) in [7, 11) is 0. The predicted octanol–water partition coefficient (Wildman–Crippen LogP) is 2.84. The predicted molar refractivity (Wildman–Crippen MR) is 96.6 cm³/mol. The van der Waals surface area contributed by atoms with Gasteiger partial charge in [-0.2, -0.15) is 0 Å². The maximum atomic E-state index is 13.0. The fraction of sp³-hybridized carbons (Fsp3) is 0.579. The number of nitrogens with zero attached hydrogens (tertiary/aromatic N) is 5. The standard InChI is InChI=1S/C19H28FN5/c1-3-9-25-16(2)21-22-19(25)15-24-11-4-10-23(12-13-24)14-17-5-7-18(20)8-6-17/h5-8H,3-4,9-15H2,1-2H3. The van der Waals surface area contributed by atoms with E-state index in [9.17, 15) is 4.39 Å². The lowest BCUT2D eigenvalue weighted by Gasteiger charge is -2.22. The number of hydrogen-bond acceptors (Lipinski definition) is 4. The lowest BCUT2D eigenvalue weighted by Crippen LogP contribution is -2.31. The fourth-order valence-corrected chi connectivity index (χ4v) is 3.44. The van der Waals surface area contributed by atoms with Crippen LogP contribution >= 0.6 is 0 Å². The molecule has 0 amide bonds. The Balaban J connectivity index is 1.55. The van der Waals surface area contributed by atoms with E-state index in [0.717, 1.165) is 70.3 Å². The van der Waals surface area contributed by atoms with Gasteiger partial charge in [-0.25, -0.2) is 4.39 Å². The zero-order valence-corrected chi connectivity index (χ0v) is 15.3. The molecule has 0 saturated carbocycles. The molecule has 0 aliphatic carbocycles. The van der Waals surface area contributed by atoms with Crippen LogP contribution in [0.15, 0.2) is 24.3 Å². The molecule has 2 aromatic rings. The zero-order chi connectivity index (χ0) is 17.6. The topological polar surface area (TPSA) is 37.2 Å². The molecule has 0 atom stereocenters. The van der Waals surface area contributed by atoms with Gasteiger partial charge < -0.3 is 4.57 Å². The molecule has 1 fully saturated rings. The second kappa shape index (κ2) is 8.54. The van der Waals surface area contributed by atoms with Crippen molar-refractivity contribution in [3.05, 3.63) is 47.3 Å². The number of benzene rings is 1. The number of hydrogen-bond donors (Lipinski definition) is 0. The minimum Gasteiger partial charge on any atom is -0.314 e. The summed E-state index contributed by atoms with van der Waals surface area (Å²) in [4.78, 5) is 4.93. The first kappa shape index (κ1) is 18.0. The van der Waals surface area contributed by atoms with Gasteiger partial charge >= 0.3 is 0 Å². The van der Waals surface area contributed by atoms with Crippen molar-refractivity contribution < 1.29 is 4.39 Å². The van der Waals surface area contributed by atoms with Gasteiger partial charge in [-0.1, -0.05) is 19.1 Å². The molecule has 25 heavy (non-hydrogen) atoms. The molecule has 1 aromatic heterocycles. The van der Waals surface area contributed by atoms with E-state index in [4.69, 9.17) is 0 Å². The van der Waals surface area contributed by atoms with Crippen LogP contribution in [0.2, 0.25) is 0 Å². The van der Waals surface area contributed by atoms with Crippen LogP contribution in [0.1, 0.15) is 37.0 Å². The van der Waals surface area contributed by atoms with Crippen molar-refractivity contribution in [2.75, 3.05) is 26.2 Å². The Morgan fingerprint density at radius 1 is 0.960 bits per heavy atom. The van der Waals surface area contributed by atoms with Crippen LogP contribution in [0.4, 0.5) is 4.39 Å². The molecular weight excluding hydrogens is 317 g/mol. The average molecular weight is 345 g/mol. The molecule has 0 N–H and O–H groups in total. The van der Waals surface area contributed by atoms with E-state index >= 15 is 0 Å². The lowest BCUT2D eigenvalue weighted by atomic mass is 10.2. The minimum absolute atomic E-state index is 0.169. The Bertz CT molecular complexity index is 667. The highest BCUT2D eigenvalue weighted by Gasteiger charge is 2.18. The Labute approximate surface area is 149 Å². The Kier molecular flexibility index (Phi) is 6.15. The largest absolute Gasteiger partial charge is 0.314 e. The summed E-state index contributed by atoms with van der Waals surface area (Å²) >= 11 is 0. The van der Waals surface area contributed by atoms with Crippen molar-refractivity contribution in [2.45, 2.75) is 46.3 Å². The van der Waals surface area contributed by atoms with Crippen LogP contribution in [0.5, 0.6) is 0 Å². The van der Waals surface area contributed by atoms with Crippen LogP contribution < -0.4 is 0 Å². The van der Waals surface area contributed by atoms with Crippen molar-refractivity contribution in [1.82, 2.24) is 24.6 Å². The van der Waals surface area contributed by atoms with E-state index in [-0.39, 0.29) is 5.82 Å². The van der Waals surface area contributed by atoms with E-state index in [0.29, 0.717) is 0 Å². The summed E-state index contributed by atoms with van der Waals surface area (Å²) in [5.41, 5.74) is 1.17. The molecule has 1 aliphatic heterocycles. The van der Waals surface area contributed by atoms with Crippen molar-refractivity contribution in [2.24, 2.45) is 0 Å². The van der Waals surface area contributed by atoms with Gasteiger partial charge in [0.1, 0.15) is 17.5 Å². The van der Waals surface area contributed by atoms with Gasteiger partial charge in [-0.3, -0.25) is 9.80 Å². The van der Waals surface area contributed by atoms with Gasteiger partial charge in [-0.05, 0) is 50.6 Å². The number of aromatic nitrogens is 3. The van der Waals surface area contributed by atoms with Gasteiger partial charge in [0.2, 0.25) is 0 Å². The number of halogens is 1. The fourth-order valence-electron chi connectivity index (χ4n) is 3.44. The second-order valence-corrected chi connectivity index (χ2v) is 6.85. The van der Waals surface area contributed by atoms with Crippen LogP contribution in [0, 0.1) is 12.7 Å². The third-order valence-corrected chi connectivity index (χ3v) is 4.83. The molecule has 3 rings (SSSR count). The summed E-state index contributed by atoms with van der Waals surface area (Å²) in [6.45, 7) is 11.2. The SMILES string of the molecule is CCCn1c(C)nnc1CN1CCCN(Cc2ccc(F)cc2)CC1. The van der Waals surface area contributed by atoms with Crippen molar-refractivity contribution >= 4 is 0 Å². The van der Waals surface area contributed by atoms with E-state index < -0.39 is 0 Å². The van der Waals surface area contributed by atoms with Gasteiger partial charge in [0.25, 0.3) is 0 Å². The molecule has 2 heterocycles.